The van der Waals surface area contributed by atoms with Gasteiger partial charge in [0.2, 0.25) is 0 Å². The van der Waals surface area contributed by atoms with Crippen molar-refractivity contribution in [1.29, 1.82) is 0 Å². The molecule has 19 heavy (non-hydrogen) atoms. The molecule has 1 heterocycles. The number of amides is 1. The molecule has 2 saturated carbocycles. The Bertz CT molecular complexity index is 531. The summed E-state index contributed by atoms with van der Waals surface area (Å²) in [5.41, 5.74) is -1.05. The van der Waals surface area contributed by atoms with Crippen LogP contribution < -0.4 is 5.32 Å². The van der Waals surface area contributed by atoms with Crippen molar-refractivity contribution in [1.82, 2.24) is 10.5 Å². The third kappa shape index (κ3) is 2.22. The number of nitrogens with one attached hydrogen (secondary N) is 1. The molecule has 0 bridgehead atoms. The van der Waals surface area contributed by atoms with Crippen LogP contribution in [0.2, 0.25) is 0 Å². The molecule has 1 amide bonds. The Kier molecular flexibility index (Phi) is 2.62. The average Bonchev–Trinajstić information content (AvgIpc) is 3.26. The molecule has 6 nitrogen and oxygen atoms in total. The molecule has 0 radical (unpaired) electrons. The first-order valence-electron chi connectivity index (χ1n) is 6.53. The molecule has 2 aliphatic carbocycles. The maximum absolute atomic E-state index is 12.1. The summed E-state index contributed by atoms with van der Waals surface area (Å²) in [5.74, 6) is -0.387. The van der Waals surface area contributed by atoms with Crippen LogP contribution in [0.3, 0.4) is 0 Å². The highest BCUT2D eigenvalue weighted by molar-refractivity contribution is 5.96. The number of carboxylic acids is 1. The molecule has 3 rings (SSSR count). The minimum Gasteiger partial charge on any atom is -0.480 e. The van der Waals surface area contributed by atoms with Crippen LogP contribution in [0.1, 0.15) is 54.8 Å². The van der Waals surface area contributed by atoms with Crippen molar-refractivity contribution in [2.45, 2.75) is 44.1 Å². The Hall–Kier alpha value is -1.85. The summed E-state index contributed by atoms with van der Waals surface area (Å²) < 4.78 is 5.10. The highest BCUT2D eigenvalue weighted by atomic mass is 16.5. The van der Waals surface area contributed by atoms with E-state index in [1.165, 1.54) is 0 Å². The molecule has 0 saturated heterocycles. The van der Waals surface area contributed by atoms with E-state index < -0.39 is 17.4 Å². The van der Waals surface area contributed by atoms with E-state index in [-0.39, 0.29) is 11.6 Å². The first-order chi connectivity index (χ1) is 9.00. The predicted octanol–water partition coefficient (Wildman–Crippen LogP) is 1.54. The summed E-state index contributed by atoms with van der Waals surface area (Å²) in [6, 6.07) is 1.61. The van der Waals surface area contributed by atoms with Gasteiger partial charge in [0.15, 0.2) is 5.69 Å². The molecule has 0 aromatic carbocycles. The van der Waals surface area contributed by atoms with Gasteiger partial charge in [-0.05, 0) is 38.5 Å². The molecule has 6 heteroatoms. The lowest BCUT2D eigenvalue weighted by Crippen LogP contribution is -2.54. The Morgan fingerprint density at radius 3 is 2.63 bits per heavy atom. The van der Waals surface area contributed by atoms with Crippen molar-refractivity contribution in [3.63, 3.8) is 0 Å². The van der Waals surface area contributed by atoms with Gasteiger partial charge >= 0.3 is 5.97 Å². The predicted molar refractivity (Wildman–Crippen MR) is 64.7 cm³/mol. The van der Waals surface area contributed by atoms with E-state index in [4.69, 9.17) is 4.52 Å². The largest absolute Gasteiger partial charge is 0.480 e. The lowest BCUT2D eigenvalue weighted by Gasteiger charge is -2.25. The summed E-state index contributed by atoms with van der Waals surface area (Å²) in [7, 11) is 0. The van der Waals surface area contributed by atoms with Crippen LogP contribution in [0.25, 0.3) is 0 Å². The van der Waals surface area contributed by atoms with Gasteiger partial charge in [0, 0.05) is 12.0 Å². The zero-order valence-electron chi connectivity index (χ0n) is 10.7. The molecule has 1 aromatic heterocycles. The van der Waals surface area contributed by atoms with Gasteiger partial charge in [0.05, 0.1) is 0 Å². The van der Waals surface area contributed by atoms with E-state index in [0.717, 1.165) is 25.7 Å². The van der Waals surface area contributed by atoms with Crippen LogP contribution in [0, 0.1) is 5.92 Å². The van der Waals surface area contributed by atoms with Crippen LogP contribution in [0.5, 0.6) is 0 Å². The van der Waals surface area contributed by atoms with E-state index in [9.17, 15) is 14.7 Å². The smallest absolute Gasteiger partial charge is 0.329 e. The van der Waals surface area contributed by atoms with Crippen LogP contribution in [0.4, 0.5) is 0 Å². The van der Waals surface area contributed by atoms with Crippen LogP contribution in [0.15, 0.2) is 10.6 Å². The summed E-state index contributed by atoms with van der Waals surface area (Å²) in [4.78, 5) is 23.4. The van der Waals surface area contributed by atoms with E-state index in [1.54, 1.807) is 13.0 Å². The molecular formula is C13H16N2O4. The van der Waals surface area contributed by atoms with Gasteiger partial charge in [-0.15, -0.1) is 0 Å². The van der Waals surface area contributed by atoms with E-state index in [0.29, 0.717) is 11.7 Å². The molecule has 0 aliphatic heterocycles. The average molecular weight is 264 g/mol. The Morgan fingerprint density at radius 2 is 2.11 bits per heavy atom. The minimum atomic E-state index is -1.21. The van der Waals surface area contributed by atoms with Crippen molar-refractivity contribution in [3.05, 3.63) is 17.5 Å². The second-order valence-corrected chi connectivity index (χ2v) is 5.62. The summed E-state index contributed by atoms with van der Waals surface area (Å²) in [6.07, 6.45) is 3.78. The van der Waals surface area contributed by atoms with Crippen molar-refractivity contribution in [2.24, 2.45) is 5.92 Å². The van der Waals surface area contributed by atoms with Gasteiger partial charge in [0.25, 0.3) is 5.91 Å². The third-order valence-electron chi connectivity index (χ3n) is 3.95. The quantitative estimate of drug-likeness (QED) is 0.841. The summed E-state index contributed by atoms with van der Waals surface area (Å²) in [5, 5.41) is 15.6. The van der Waals surface area contributed by atoms with Crippen molar-refractivity contribution in [3.8, 4) is 0 Å². The van der Waals surface area contributed by atoms with Gasteiger partial charge in [-0.3, -0.25) is 4.79 Å². The molecular weight excluding hydrogens is 248 g/mol. The van der Waals surface area contributed by atoms with Gasteiger partial charge < -0.3 is 14.9 Å². The topological polar surface area (TPSA) is 92.4 Å². The fraction of sp³-hybridized carbons (Fsp3) is 0.615. The molecule has 0 spiro atoms. The number of carbonyl (C=O) groups excluding carboxylic acids is 1. The van der Waals surface area contributed by atoms with Crippen LogP contribution in [-0.2, 0) is 4.79 Å². The Balaban J connectivity index is 1.73. The summed E-state index contributed by atoms with van der Waals surface area (Å²) >= 11 is 0. The molecule has 2 fully saturated rings. The molecule has 102 valence electrons. The normalized spacial score (nSPS) is 21.7. The molecule has 2 aliphatic rings. The Labute approximate surface area is 110 Å². The zero-order valence-corrected chi connectivity index (χ0v) is 10.7. The number of aliphatic carboxylic acids is 1. The fourth-order valence-corrected chi connectivity index (χ4v) is 2.25. The second-order valence-electron chi connectivity index (χ2n) is 5.62. The second kappa shape index (κ2) is 4.08. The van der Waals surface area contributed by atoms with Gasteiger partial charge in [-0.1, -0.05) is 5.16 Å². The summed E-state index contributed by atoms with van der Waals surface area (Å²) in [6.45, 7) is 1.55. The standard InChI is InChI=1S/C13H16N2O4/c1-13(12(17)18,8-4-5-8)14-11(16)9-6-10(19-15-9)7-2-3-7/h6-8H,2-5H2,1H3,(H,14,16)(H,17,18). The maximum Gasteiger partial charge on any atom is 0.329 e. The number of carbonyl (C=O) groups is 2. The first-order valence-corrected chi connectivity index (χ1v) is 6.53. The fourth-order valence-electron chi connectivity index (χ4n) is 2.25. The number of carboxylic acid groups (broad SMARTS) is 1. The number of hydrogen-bond donors (Lipinski definition) is 2. The third-order valence-corrected chi connectivity index (χ3v) is 3.95. The monoisotopic (exact) mass is 264 g/mol. The van der Waals surface area contributed by atoms with E-state index >= 15 is 0 Å². The number of rotatable bonds is 5. The molecule has 1 atom stereocenters. The van der Waals surface area contributed by atoms with Crippen LogP contribution >= 0.6 is 0 Å². The van der Waals surface area contributed by atoms with Gasteiger partial charge in [0.1, 0.15) is 11.3 Å². The van der Waals surface area contributed by atoms with Crippen molar-refractivity contribution in [2.75, 3.05) is 0 Å². The van der Waals surface area contributed by atoms with Gasteiger partial charge in [-0.2, -0.15) is 0 Å². The van der Waals surface area contributed by atoms with Crippen LogP contribution in [-0.4, -0.2) is 27.7 Å². The van der Waals surface area contributed by atoms with E-state index in [2.05, 4.69) is 10.5 Å². The maximum atomic E-state index is 12.1. The van der Waals surface area contributed by atoms with Crippen molar-refractivity contribution >= 4 is 11.9 Å². The number of aromatic nitrogens is 1. The molecule has 1 unspecified atom stereocenters. The highest BCUT2D eigenvalue weighted by Gasteiger charge is 2.49. The molecule has 1 aromatic rings. The highest BCUT2D eigenvalue weighted by Crippen LogP contribution is 2.41. The molecule has 2 N–H and O–H groups in total. The minimum absolute atomic E-state index is 0.00348. The number of hydrogen-bond acceptors (Lipinski definition) is 4. The van der Waals surface area contributed by atoms with E-state index in [1.807, 2.05) is 0 Å². The van der Waals surface area contributed by atoms with Crippen molar-refractivity contribution < 1.29 is 19.2 Å². The first kappa shape index (κ1) is 12.2. The lowest BCUT2D eigenvalue weighted by molar-refractivity contribution is -0.144. The SMILES string of the molecule is CC(NC(=O)c1cc(C2CC2)on1)(C(=O)O)C1CC1. The van der Waals surface area contributed by atoms with Gasteiger partial charge in [-0.25, -0.2) is 4.79 Å². The Morgan fingerprint density at radius 1 is 1.42 bits per heavy atom. The zero-order chi connectivity index (χ0) is 13.6. The number of nitrogens with zero attached hydrogens (tertiary/aromatic N) is 1. The lowest BCUT2D eigenvalue weighted by atomic mass is 9.96.